The van der Waals surface area contributed by atoms with Crippen LogP contribution in [0, 0.1) is 0 Å². The molecule has 114 valence electrons. The van der Waals surface area contributed by atoms with Crippen molar-refractivity contribution in [1.82, 2.24) is 10.2 Å². The first-order valence-electron chi connectivity index (χ1n) is 6.87. The van der Waals surface area contributed by atoms with Crippen LogP contribution in [0.2, 0.25) is 0 Å². The van der Waals surface area contributed by atoms with Gasteiger partial charge in [0.25, 0.3) is 0 Å². The Balaban J connectivity index is 3.86. The molecular weight excluding hydrogens is 244 g/mol. The number of rotatable bonds is 7. The van der Waals surface area contributed by atoms with Crippen LogP contribution in [0.1, 0.15) is 47.5 Å². The van der Waals surface area contributed by atoms with Gasteiger partial charge in [-0.1, -0.05) is 0 Å². The number of aliphatic hydroxyl groups is 1. The largest absolute Gasteiger partial charge is 0.444 e. The van der Waals surface area contributed by atoms with Crippen LogP contribution in [0.15, 0.2) is 0 Å². The van der Waals surface area contributed by atoms with E-state index in [4.69, 9.17) is 9.84 Å². The van der Waals surface area contributed by atoms with E-state index in [2.05, 4.69) is 19.2 Å². The van der Waals surface area contributed by atoms with E-state index in [1.807, 2.05) is 20.8 Å². The van der Waals surface area contributed by atoms with Crippen LogP contribution in [-0.4, -0.2) is 54.0 Å². The zero-order valence-corrected chi connectivity index (χ0v) is 13.2. The van der Waals surface area contributed by atoms with Crippen LogP contribution in [-0.2, 0) is 4.74 Å². The third-order valence-electron chi connectivity index (χ3n) is 2.72. The Morgan fingerprint density at radius 2 is 1.84 bits per heavy atom. The van der Waals surface area contributed by atoms with Crippen LogP contribution in [0.3, 0.4) is 0 Å². The Labute approximate surface area is 117 Å². The smallest absolute Gasteiger partial charge is 0.410 e. The van der Waals surface area contributed by atoms with Crippen molar-refractivity contribution in [2.75, 3.05) is 26.7 Å². The van der Waals surface area contributed by atoms with Gasteiger partial charge < -0.3 is 20.1 Å². The molecule has 0 spiro atoms. The minimum absolute atomic E-state index is 0.0702. The van der Waals surface area contributed by atoms with Crippen LogP contribution in [0.5, 0.6) is 0 Å². The molecule has 0 aromatic carbocycles. The number of hydrogen-bond donors (Lipinski definition) is 2. The number of aliphatic hydroxyl groups excluding tert-OH is 1. The highest BCUT2D eigenvalue weighted by atomic mass is 16.6. The van der Waals surface area contributed by atoms with Crippen molar-refractivity contribution in [3.8, 4) is 0 Å². The first-order valence-corrected chi connectivity index (χ1v) is 6.87. The summed E-state index contributed by atoms with van der Waals surface area (Å²) in [6.45, 7) is 11.3. The number of hydrogen-bond acceptors (Lipinski definition) is 4. The van der Waals surface area contributed by atoms with Gasteiger partial charge in [-0.15, -0.1) is 0 Å². The monoisotopic (exact) mass is 274 g/mol. The van der Waals surface area contributed by atoms with E-state index in [1.54, 1.807) is 11.9 Å². The lowest BCUT2D eigenvalue weighted by atomic mass is 10.0. The molecule has 0 aromatic rings. The highest BCUT2D eigenvalue weighted by Gasteiger charge is 2.19. The molecule has 0 fully saturated rings. The first kappa shape index (κ1) is 18.2. The van der Waals surface area contributed by atoms with Gasteiger partial charge in [-0.2, -0.15) is 0 Å². The van der Waals surface area contributed by atoms with Crippen LogP contribution < -0.4 is 5.32 Å². The second-order valence-electron chi connectivity index (χ2n) is 6.54. The summed E-state index contributed by atoms with van der Waals surface area (Å²) in [5.74, 6) is 0. The molecule has 1 amide bonds. The van der Waals surface area contributed by atoms with Crippen LogP contribution in [0.4, 0.5) is 4.79 Å². The Hall–Kier alpha value is -0.810. The summed E-state index contributed by atoms with van der Waals surface area (Å²) in [5.41, 5.74) is -0.522. The Kier molecular flexibility index (Phi) is 7.37. The number of nitrogens with one attached hydrogen (secondary N) is 1. The molecule has 0 aliphatic rings. The normalized spacial score (nSPS) is 12.4. The lowest BCUT2D eigenvalue weighted by Gasteiger charge is -2.27. The second kappa shape index (κ2) is 7.70. The summed E-state index contributed by atoms with van der Waals surface area (Å²) in [4.78, 5) is 13.3. The van der Waals surface area contributed by atoms with Gasteiger partial charge in [-0.3, -0.25) is 0 Å². The number of carbonyl (C=O) groups excluding carboxylic acids is 1. The molecule has 0 aliphatic carbocycles. The molecule has 2 N–H and O–H groups in total. The highest BCUT2D eigenvalue weighted by molar-refractivity contribution is 5.67. The van der Waals surface area contributed by atoms with E-state index in [0.717, 1.165) is 19.4 Å². The van der Waals surface area contributed by atoms with Gasteiger partial charge in [0.2, 0.25) is 0 Å². The average Bonchev–Trinajstić information content (AvgIpc) is 2.21. The maximum Gasteiger partial charge on any atom is 0.410 e. The third-order valence-corrected chi connectivity index (χ3v) is 2.72. The molecule has 0 atom stereocenters. The fraction of sp³-hybridized carbons (Fsp3) is 0.929. The maximum absolute atomic E-state index is 11.7. The lowest BCUT2D eigenvalue weighted by molar-refractivity contribution is 0.0297. The molecule has 19 heavy (non-hydrogen) atoms. The maximum atomic E-state index is 11.7. The summed E-state index contributed by atoms with van der Waals surface area (Å²) in [6, 6.07) is 0. The fourth-order valence-corrected chi connectivity index (χ4v) is 1.54. The quantitative estimate of drug-likeness (QED) is 0.697. The summed E-state index contributed by atoms with van der Waals surface area (Å²) in [7, 11) is 1.74. The fourth-order valence-electron chi connectivity index (χ4n) is 1.54. The predicted molar refractivity (Wildman–Crippen MR) is 77.3 cm³/mol. The number of amides is 1. The van der Waals surface area contributed by atoms with E-state index in [-0.39, 0.29) is 18.2 Å². The number of nitrogens with zero attached hydrogens (tertiary/aromatic N) is 1. The summed E-state index contributed by atoms with van der Waals surface area (Å²) < 4.78 is 5.27. The van der Waals surface area contributed by atoms with Gasteiger partial charge >= 0.3 is 6.09 Å². The SMILES string of the molecule is CN(CCCNC(C)(C)CCO)C(=O)OC(C)(C)C. The van der Waals surface area contributed by atoms with Gasteiger partial charge in [-0.05, 0) is 54.0 Å². The molecule has 0 rings (SSSR count). The Morgan fingerprint density at radius 1 is 1.26 bits per heavy atom. The summed E-state index contributed by atoms with van der Waals surface area (Å²) in [5, 5.41) is 12.3. The van der Waals surface area contributed by atoms with Crippen molar-refractivity contribution < 1.29 is 14.6 Å². The summed E-state index contributed by atoms with van der Waals surface area (Å²) in [6.07, 6.45) is 1.28. The number of carbonyl (C=O) groups is 1. The lowest BCUT2D eigenvalue weighted by Crippen LogP contribution is -2.42. The molecule has 0 bridgehead atoms. The molecule has 0 saturated carbocycles. The molecule has 0 aliphatic heterocycles. The Morgan fingerprint density at radius 3 is 2.32 bits per heavy atom. The average molecular weight is 274 g/mol. The van der Waals surface area contributed by atoms with Crippen molar-refractivity contribution in [1.29, 1.82) is 0 Å². The Bertz CT molecular complexity index is 272. The van der Waals surface area contributed by atoms with E-state index < -0.39 is 5.60 Å². The first-order chi connectivity index (χ1) is 8.57. The molecular formula is C14H30N2O3. The molecule has 5 nitrogen and oxygen atoms in total. The van der Waals surface area contributed by atoms with Crippen molar-refractivity contribution in [3.05, 3.63) is 0 Å². The molecule has 0 heterocycles. The van der Waals surface area contributed by atoms with Gasteiger partial charge in [0.1, 0.15) is 5.60 Å². The molecule has 0 radical (unpaired) electrons. The summed E-state index contributed by atoms with van der Waals surface area (Å²) >= 11 is 0. The van der Waals surface area contributed by atoms with Crippen molar-refractivity contribution in [2.45, 2.75) is 58.6 Å². The van der Waals surface area contributed by atoms with E-state index >= 15 is 0 Å². The van der Waals surface area contributed by atoms with Crippen molar-refractivity contribution in [2.24, 2.45) is 0 Å². The van der Waals surface area contributed by atoms with Crippen LogP contribution in [0.25, 0.3) is 0 Å². The zero-order valence-electron chi connectivity index (χ0n) is 13.2. The van der Waals surface area contributed by atoms with Crippen LogP contribution >= 0.6 is 0 Å². The molecule has 5 heteroatoms. The molecule has 0 aromatic heterocycles. The zero-order chi connectivity index (χ0) is 15.1. The molecule has 0 unspecified atom stereocenters. The topological polar surface area (TPSA) is 61.8 Å². The van der Waals surface area contributed by atoms with Gasteiger partial charge in [-0.25, -0.2) is 4.79 Å². The molecule has 0 saturated heterocycles. The van der Waals surface area contributed by atoms with Crippen molar-refractivity contribution in [3.63, 3.8) is 0 Å². The van der Waals surface area contributed by atoms with Gasteiger partial charge in [0.05, 0.1) is 0 Å². The highest BCUT2D eigenvalue weighted by Crippen LogP contribution is 2.09. The number of ether oxygens (including phenoxy) is 1. The van der Waals surface area contributed by atoms with Gasteiger partial charge in [0.15, 0.2) is 0 Å². The minimum atomic E-state index is -0.452. The third kappa shape index (κ3) is 9.73. The van der Waals surface area contributed by atoms with Gasteiger partial charge in [0, 0.05) is 25.7 Å². The van der Waals surface area contributed by atoms with E-state index in [0.29, 0.717) is 6.54 Å². The minimum Gasteiger partial charge on any atom is -0.444 e. The van der Waals surface area contributed by atoms with E-state index in [9.17, 15) is 4.79 Å². The predicted octanol–water partition coefficient (Wildman–Crippen LogP) is 1.99. The van der Waals surface area contributed by atoms with Crippen molar-refractivity contribution >= 4 is 6.09 Å². The van der Waals surface area contributed by atoms with E-state index in [1.165, 1.54) is 0 Å². The standard InChI is InChI=1S/C14H30N2O3/c1-13(2,3)19-12(18)16(6)10-7-9-15-14(4,5)8-11-17/h15,17H,7-11H2,1-6H3. The second-order valence-corrected chi connectivity index (χ2v) is 6.54.